The number of rotatable bonds is 6. The molecule has 0 radical (unpaired) electrons. The van der Waals surface area contributed by atoms with Crippen LogP contribution in [0.15, 0.2) is 18.2 Å². The summed E-state index contributed by atoms with van der Waals surface area (Å²) in [5, 5.41) is 4.50. The zero-order valence-corrected chi connectivity index (χ0v) is 11.0. The fraction of sp³-hybridized carbons (Fsp3) is 0.462. The third kappa shape index (κ3) is 6.51. The van der Waals surface area contributed by atoms with Gasteiger partial charge in [0.1, 0.15) is 12.4 Å². The molecule has 0 aliphatic rings. The van der Waals surface area contributed by atoms with E-state index in [-0.39, 0.29) is 12.4 Å². The first-order chi connectivity index (χ1) is 9.28. The second kappa shape index (κ2) is 7.23. The maximum Gasteiger partial charge on any atom is 0.405 e. The minimum absolute atomic E-state index is 0.184. The monoisotopic (exact) mass is 292 g/mol. The summed E-state index contributed by atoms with van der Waals surface area (Å²) in [5.41, 5.74) is 1.72. The topological polar surface area (TPSA) is 41.1 Å². The van der Waals surface area contributed by atoms with Gasteiger partial charge in [-0.05, 0) is 43.1 Å². The van der Waals surface area contributed by atoms with Crippen molar-refractivity contribution in [3.8, 4) is 0 Å². The molecule has 0 aromatic heterocycles. The standard InChI is InChI=1S/C13H16F4N2O/c1-9-6-11(14)3-2-10(9)4-5-18-7-12(20)19-8-13(15,16)17/h2-3,6,18H,4-5,7-8H2,1H3,(H,19,20). The number of alkyl halides is 3. The molecule has 20 heavy (non-hydrogen) atoms. The quantitative estimate of drug-likeness (QED) is 0.621. The average Bonchev–Trinajstić information content (AvgIpc) is 2.33. The van der Waals surface area contributed by atoms with Crippen molar-refractivity contribution in [2.45, 2.75) is 19.5 Å². The van der Waals surface area contributed by atoms with Crippen LogP contribution >= 0.6 is 0 Å². The van der Waals surface area contributed by atoms with Gasteiger partial charge in [-0.15, -0.1) is 0 Å². The minimum Gasteiger partial charge on any atom is -0.346 e. The summed E-state index contributed by atoms with van der Waals surface area (Å²) in [6.07, 6.45) is -3.83. The molecule has 0 atom stereocenters. The Balaban J connectivity index is 2.23. The van der Waals surface area contributed by atoms with Gasteiger partial charge in [0, 0.05) is 0 Å². The van der Waals surface area contributed by atoms with Crippen molar-refractivity contribution in [1.29, 1.82) is 0 Å². The van der Waals surface area contributed by atoms with Gasteiger partial charge in [0.25, 0.3) is 0 Å². The van der Waals surface area contributed by atoms with Crippen LogP contribution in [0.4, 0.5) is 17.6 Å². The fourth-order valence-electron chi connectivity index (χ4n) is 1.63. The van der Waals surface area contributed by atoms with Crippen molar-refractivity contribution in [1.82, 2.24) is 10.6 Å². The molecule has 1 amide bonds. The van der Waals surface area contributed by atoms with Crippen LogP contribution in [0.2, 0.25) is 0 Å². The normalized spacial score (nSPS) is 11.4. The molecule has 7 heteroatoms. The Labute approximate surface area is 114 Å². The first-order valence-corrected chi connectivity index (χ1v) is 6.07. The molecule has 0 aliphatic heterocycles. The average molecular weight is 292 g/mol. The molecule has 2 N–H and O–H groups in total. The number of hydrogen-bond acceptors (Lipinski definition) is 2. The molecule has 0 unspecified atom stereocenters. The van der Waals surface area contributed by atoms with E-state index in [0.29, 0.717) is 13.0 Å². The minimum atomic E-state index is -4.40. The smallest absolute Gasteiger partial charge is 0.346 e. The van der Waals surface area contributed by atoms with E-state index < -0.39 is 18.6 Å². The van der Waals surface area contributed by atoms with Gasteiger partial charge in [0.15, 0.2) is 0 Å². The number of aryl methyl sites for hydroxylation is 1. The zero-order chi connectivity index (χ0) is 15.2. The number of halogens is 4. The number of benzene rings is 1. The highest BCUT2D eigenvalue weighted by molar-refractivity contribution is 5.77. The molecule has 0 heterocycles. The molecule has 0 saturated carbocycles. The third-order valence-corrected chi connectivity index (χ3v) is 2.65. The lowest BCUT2D eigenvalue weighted by atomic mass is 10.1. The lowest BCUT2D eigenvalue weighted by Crippen LogP contribution is -2.39. The van der Waals surface area contributed by atoms with Crippen LogP contribution < -0.4 is 10.6 Å². The summed E-state index contributed by atoms with van der Waals surface area (Å²) in [7, 11) is 0. The fourth-order valence-corrected chi connectivity index (χ4v) is 1.63. The SMILES string of the molecule is Cc1cc(F)ccc1CCNCC(=O)NCC(F)(F)F. The molecule has 0 aliphatic carbocycles. The van der Waals surface area contributed by atoms with Gasteiger partial charge in [-0.1, -0.05) is 6.07 Å². The van der Waals surface area contributed by atoms with Crippen molar-refractivity contribution in [3.63, 3.8) is 0 Å². The van der Waals surface area contributed by atoms with E-state index in [9.17, 15) is 22.4 Å². The number of carbonyl (C=O) groups excluding carboxylic acids is 1. The number of carbonyl (C=O) groups is 1. The van der Waals surface area contributed by atoms with E-state index in [4.69, 9.17) is 0 Å². The van der Waals surface area contributed by atoms with Gasteiger partial charge in [0.2, 0.25) is 5.91 Å². The Morgan fingerprint density at radius 2 is 2.00 bits per heavy atom. The van der Waals surface area contributed by atoms with Crippen molar-refractivity contribution in [2.24, 2.45) is 0 Å². The Bertz CT molecular complexity index is 460. The molecule has 0 saturated heterocycles. The second-order valence-electron chi connectivity index (χ2n) is 4.39. The van der Waals surface area contributed by atoms with E-state index >= 15 is 0 Å². The number of nitrogens with one attached hydrogen (secondary N) is 2. The van der Waals surface area contributed by atoms with Crippen LogP contribution in [0.3, 0.4) is 0 Å². The molecule has 1 rings (SSSR count). The van der Waals surface area contributed by atoms with Crippen molar-refractivity contribution < 1.29 is 22.4 Å². The lowest BCUT2D eigenvalue weighted by molar-refractivity contribution is -0.137. The van der Waals surface area contributed by atoms with E-state index in [2.05, 4.69) is 5.32 Å². The first-order valence-electron chi connectivity index (χ1n) is 6.07. The maximum atomic E-state index is 12.9. The van der Waals surface area contributed by atoms with Gasteiger partial charge in [-0.2, -0.15) is 13.2 Å². The van der Waals surface area contributed by atoms with Crippen LogP contribution in [0.5, 0.6) is 0 Å². The highest BCUT2D eigenvalue weighted by atomic mass is 19.4. The summed E-state index contributed by atoms with van der Waals surface area (Å²) >= 11 is 0. The van der Waals surface area contributed by atoms with Crippen LogP contribution in [-0.4, -0.2) is 31.7 Å². The Hall–Kier alpha value is -1.63. The molecule has 1 aromatic carbocycles. The second-order valence-corrected chi connectivity index (χ2v) is 4.39. The largest absolute Gasteiger partial charge is 0.405 e. The van der Waals surface area contributed by atoms with E-state index in [1.807, 2.05) is 0 Å². The first kappa shape index (κ1) is 16.4. The molecular formula is C13H16F4N2O. The van der Waals surface area contributed by atoms with Gasteiger partial charge in [0.05, 0.1) is 6.54 Å². The summed E-state index contributed by atoms with van der Waals surface area (Å²) in [4.78, 5) is 11.1. The van der Waals surface area contributed by atoms with Crippen molar-refractivity contribution in [2.75, 3.05) is 19.6 Å². The molecule has 0 fully saturated rings. The highest BCUT2D eigenvalue weighted by Crippen LogP contribution is 2.12. The predicted molar refractivity (Wildman–Crippen MR) is 66.8 cm³/mol. The van der Waals surface area contributed by atoms with E-state index in [1.54, 1.807) is 18.3 Å². The summed E-state index contributed by atoms with van der Waals surface area (Å²) in [6, 6.07) is 4.40. The summed E-state index contributed by atoms with van der Waals surface area (Å²) in [5.74, 6) is -1.02. The Morgan fingerprint density at radius 1 is 1.30 bits per heavy atom. The van der Waals surface area contributed by atoms with Crippen LogP contribution in [0, 0.1) is 12.7 Å². The molecule has 0 spiro atoms. The van der Waals surface area contributed by atoms with Crippen LogP contribution in [0.25, 0.3) is 0 Å². The van der Waals surface area contributed by atoms with Crippen LogP contribution in [0.1, 0.15) is 11.1 Å². The highest BCUT2D eigenvalue weighted by Gasteiger charge is 2.27. The molecule has 112 valence electrons. The van der Waals surface area contributed by atoms with E-state index in [1.165, 1.54) is 12.1 Å². The third-order valence-electron chi connectivity index (χ3n) is 2.65. The number of amides is 1. The molecule has 0 bridgehead atoms. The van der Waals surface area contributed by atoms with Gasteiger partial charge in [-0.25, -0.2) is 4.39 Å². The van der Waals surface area contributed by atoms with Gasteiger partial charge < -0.3 is 10.6 Å². The van der Waals surface area contributed by atoms with Crippen molar-refractivity contribution >= 4 is 5.91 Å². The Morgan fingerprint density at radius 3 is 2.60 bits per heavy atom. The van der Waals surface area contributed by atoms with Crippen molar-refractivity contribution in [3.05, 3.63) is 35.1 Å². The summed E-state index contributed by atoms with van der Waals surface area (Å²) in [6.45, 7) is 0.682. The Kier molecular flexibility index (Phi) is 5.94. The van der Waals surface area contributed by atoms with E-state index in [0.717, 1.165) is 11.1 Å². The predicted octanol–water partition coefficient (Wildman–Crippen LogP) is 1.94. The van der Waals surface area contributed by atoms with Gasteiger partial charge in [-0.3, -0.25) is 4.79 Å². The zero-order valence-electron chi connectivity index (χ0n) is 11.0. The number of hydrogen-bond donors (Lipinski definition) is 2. The molecular weight excluding hydrogens is 276 g/mol. The van der Waals surface area contributed by atoms with Crippen LogP contribution in [-0.2, 0) is 11.2 Å². The summed E-state index contributed by atoms with van der Waals surface area (Å²) < 4.78 is 48.4. The molecule has 1 aromatic rings. The van der Waals surface area contributed by atoms with Gasteiger partial charge >= 0.3 is 6.18 Å². The maximum absolute atomic E-state index is 12.9. The lowest BCUT2D eigenvalue weighted by Gasteiger charge is -2.09. The molecule has 3 nitrogen and oxygen atoms in total.